The Balaban J connectivity index is 0.00000162. The van der Waals surface area contributed by atoms with Crippen LogP contribution in [0.2, 0.25) is 0 Å². The van der Waals surface area contributed by atoms with Crippen molar-refractivity contribution in [2.75, 3.05) is 18.0 Å². The lowest BCUT2D eigenvalue weighted by molar-refractivity contribution is -0.851. The van der Waals surface area contributed by atoms with E-state index in [1.54, 1.807) is 6.92 Å². The number of hydrogen-bond acceptors (Lipinski definition) is 2. The molecule has 0 aliphatic carbocycles. The number of Topliss-reactive ketones (excluding diaryl/α,β-unsaturated/α-hetero) is 1. The predicted molar refractivity (Wildman–Crippen MR) is 69.7 cm³/mol. The fourth-order valence-electron chi connectivity index (χ4n) is 2.86. The zero-order valence-corrected chi connectivity index (χ0v) is 12.8. The summed E-state index contributed by atoms with van der Waals surface area (Å²) in [5, 5.41) is 0. The number of nitrogens with zero attached hydrogens (tertiary/aromatic N) is 1. The van der Waals surface area contributed by atoms with Gasteiger partial charge in [-0.2, -0.15) is 0 Å². The van der Waals surface area contributed by atoms with Crippen LogP contribution in [0.15, 0.2) is 24.3 Å². The van der Waals surface area contributed by atoms with E-state index in [9.17, 15) is 4.79 Å². The molecule has 0 saturated carbocycles. The summed E-state index contributed by atoms with van der Waals surface area (Å²) >= 11 is 0. The van der Waals surface area contributed by atoms with Crippen molar-refractivity contribution in [3.8, 4) is 0 Å². The number of anilines is 1. The SMILES string of the molecule is CCC1N(CC(C)=O)c2ccccc2[NH+]1CC.[Br-]. The molecular weight excluding hydrogens is 292 g/mol. The Kier molecular flexibility index (Phi) is 5.35. The smallest absolute Gasteiger partial charge is 0.168 e. The molecule has 2 atom stereocenters. The van der Waals surface area contributed by atoms with Crippen molar-refractivity contribution < 1.29 is 26.7 Å². The monoisotopic (exact) mass is 312 g/mol. The van der Waals surface area contributed by atoms with Crippen molar-refractivity contribution in [2.45, 2.75) is 33.4 Å². The third kappa shape index (κ3) is 2.59. The fourth-order valence-corrected chi connectivity index (χ4v) is 2.86. The van der Waals surface area contributed by atoms with Gasteiger partial charge in [0.1, 0.15) is 11.5 Å². The Bertz CT molecular complexity index is 422. The lowest BCUT2D eigenvalue weighted by Gasteiger charge is -2.26. The molecule has 1 aliphatic rings. The molecule has 2 rings (SSSR count). The van der Waals surface area contributed by atoms with Gasteiger partial charge >= 0.3 is 0 Å². The maximum absolute atomic E-state index is 11.4. The first-order valence-electron chi connectivity index (χ1n) is 6.40. The van der Waals surface area contributed by atoms with E-state index in [1.807, 2.05) is 0 Å². The van der Waals surface area contributed by atoms with Crippen LogP contribution in [-0.2, 0) is 4.79 Å². The summed E-state index contributed by atoms with van der Waals surface area (Å²) in [6.45, 7) is 7.65. The van der Waals surface area contributed by atoms with E-state index in [0.717, 1.165) is 13.0 Å². The Morgan fingerprint density at radius 3 is 2.56 bits per heavy atom. The minimum Gasteiger partial charge on any atom is -1.00 e. The quantitative estimate of drug-likeness (QED) is 0.722. The first-order chi connectivity index (χ1) is 8.19. The number of fused-ring (bicyclic) bond motifs is 1. The minimum absolute atomic E-state index is 0. The van der Waals surface area contributed by atoms with E-state index in [1.165, 1.54) is 16.3 Å². The fraction of sp³-hybridized carbons (Fsp3) is 0.500. The molecule has 18 heavy (non-hydrogen) atoms. The molecule has 3 nitrogen and oxygen atoms in total. The number of nitrogens with one attached hydrogen (secondary N) is 1. The molecule has 2 unspecified atom stereocenters. The first-order valence-corrected chi connectivity index (χ1v) is 6.40. The van der Waals surface area contributed by atoms with Crippen LogP contribution in [0.1, 0.15) is 27.2 Å². The number of halogens is 1. The number of carbonyl (C=O) groups excluding carboxylic acids is 1. The summed E-state index contributed by atoms with van der Waals surface area (Å²) in [4.78, 5) is 15.2. The van der Waals surface area contributed by atoms with Gasteiger partial charge in [-0.25, -0.2) is 0 Å². The van der Waals surface area contributed by atoms with Gasteiger partial charge in [0.15, 0.2) is 11.9 Å². The second-order valence-corrected chi connectivity index (χ2v) is 4.65. The molecule has 0 aromatic heterocycles. The number of para-hydroxylation sites is 2. The van der Waals surface area contributed by atoms with E-state index >= 15 is 0 Å². The molecule has 1 aromatic rings. The van der Waals surface area contributed by atoms with Crippen molar-refractivity contribution in [3.05, 3.63) is 24.3 Å². The molecule has 100 valence electrons. The number of rotatable bonds is 4. The zero-order valence-electron chi connectivity index (χ0n) is 11.2. The maximum Gasteiger partial charge on any atom is 0.168 e. The average Bonchev–Trinajstić information content (AvgIpc) is 2.62. The number of hydrogen-bond donors (Lipinski definition) is 1. The van der Waals surface area contributed by atoms with Gasteiger partial charge in [0.05, 0.1) is 13.1 Å². The van der Waals surface area contributed by atoms with Gasteiger partial charge in [0, 0.05) is 12.5 Å². The lowest BCUT2D eigenvalue weighted by Crippen LogP contribution is -3.11. The van der Waals surface area contributed by atoms with Crippen LogP contribution in [0, 0.1) is 0 Å². The van der Waals surface area contributed by atoms with Gasteiger partial charge in [0.2, 0.25) is 0 Å². The third-order valence-electron chi connectivity index (χ3n) is 3.50. The maximum atomic E-state index is 11.4. The van der Waals surface area contributed by atoms with Crippen LogP contribution >= 0.6 is 0 Å². The van der Waals surface area contributed by atoms with Crippen molar-refractivity contribution in [1.82, 2.24) is 0 Å². The average molecular weight is 313 g/mol. The van der Waals surface area contributed by atoms with Crippen LogP contribution in [0.3, 0.4) is 0 Å². The molecule has 0 bridgehead atoms. The summed E-state index contributed by atoms with van der Waals surface area (Å²) in [6, 6.07) is 8.44. The second-order valence-electron chi connectivity index (χ2n) is 4.65. The molecule has 1 heterocycles. The van der Waals surface area contributed by atoms with Crippen molar-refractivity contribution in [3.63, 3.8) is 0 Å². The van der Waals surface area contributed by atoms with Gasteiger partial charge in [-0.05, 0) is 19.9 Å². The molecule has 1 aliphatic heterocycles. The Hall–Kier alpha value is -0.870. The topological polar surface area (TPSA) is 24.8 Å². The molecule has 0 saturated heterocycles. The lowest BCUT2D eigenvalue weighted by atomic mass is 10.2. The molecule has 1 N–H and O–H groups in total. The van der Waals surface area contributed by atoms with Crippen LogP contribution in [0.5, 0.6) is 0 Å². The van der Waals surface area contributed by atoms with E-state index in [2.05, 4.69) is 43.0 Å². The third-order valence-corrected chi connectivity index (χ3v) is 3.50. The normalized spacial score (nSPS) is 21.4. The Morgan fingerprint density at radius 2 is 2.00 bits per heavy atom. The minimum atomic E-state index is 0. The van der Waals surface area contributed by atoms with Gasteiger partial charge in [-0.15, -0.1) is 0 Å². The highest BCUT2D eigenvalue weighted by Gasteiger charge is 2.38. The molecule has 1 aromatic carbocycles. The highest BCUT2D eigenvalue weighted by molar-refractivity contribution is 5.83. The summed E-state index contributed by atoms with van der Waals surface area (Å²) in [5.74, 6) is 0.232. The highest BCUT2D eigenvalue weighted by Crippen LogP contribution is 2.29. The molecular formula is C14H21BrN2O. The van der Waals surface area contributed by atoms with Gasteiger partial charge in [-0.3, -0.25) is 9.69 Å². The molecule has 4 heteroatoms. The Labute approximate surface area is 120 Å². The van der Waals surface area contributed by atoms with Crippen LogP contribution < -0.4 is 26.8 Å². The van der Waals surface area contributed by atoms with Crippen LogP contribution in [0.4, 0.5) is 11.4 Å². The molecule has 0 spiro atoms. The van der Waals surface area contributed by atoms with Gasteiger partial charge in [0.25, 0.3) is 0 Å². The van der Waals surface area contributed by atoms with E-state index in [4.69, 9.17) is 0 Å². The number of ketones is 1. The largest absolute Gasteiger partial charge is 1.00 e. The van der Waals surface area contributed by atoms with E-state index in [-0.39, 0.29) is 22.8 Å². The second kappa shape index (κ2) is 6.34. The number of carbonyl (C=O) groups is 1. The van der Waals surface area contributed by atoms with Crippen molar-refractivity contribution in [2.24, 2.45) is 0 Å². The first kappa shape index (κ1) is 15.2. The molecule has 0 radical (unpaired) electrons. The van der Waals surface area contributed by atoms with Gasteiger partial charge in [-0.1, -0.05) is 19.1 Å². The van der Waals surface area contributed by atoms with Crippen LogP contribution in [-0.4, -0.2) is 25.0 Å². The zero-order chi connectivity index (χ0) is 12.4. The standard InChI is InChI=1S/C14H20N2O.BrH/c1-4-14-15(5-2)12-8-6-7-9-13(12)16(14)10-11(3)17;/h6-9,14H,4-5,10H2,1-3H3;1H. The van der Waals surface area contributed by atoms with Crippen molar-refractivity contribution >= 4 is 17.2 Å². The summed E-state index contributed by atoms with van der Waals surface area (Å²) in [7, 11) is 0. The number of benzene rings is 1. The molecule has 0 fully saturated rings. The summed E-state index contributed by atoms with van der Waals surface area (Å²) < 4.78 is 0. The highest BCUT2D eigenvalue weighted by atomic mass is 79.9. The number of quaternary nitrogens is 1. The molecule has 0 amide bonds. The summed E-state index contributed by atoms with van der Waals surface area (Å²) in [6.07, 6.45) is 1.46. The summed E-state index contributed by atoms with van der Waals surface area (Å²) in [5.41, 5.74) is 2.56. The van der Waals surface area contributed by atoms with Gasteiger partial charge < -0.3 is 21.9 Å². The van der Waals surface area contributed by atoms with Crippen molar-refractivity contribution in [1.29, 1.82) is 0 Å². The Morgan fingerprint density at radius 1 is 1.33 bits per heavy atom. The van der Waals surface area contributed by atoms with Crippen LogP contribution in [0.25, 0.3) is 0 Å². The predicted octanol–water partition coefficient (Wildman–Crippen LogP) is -1.63. The van der Waals surface area contributed by atoms with E-state index in [0.29, 0.717) is 12.7 Å². The van der Waals surface area contributed by atoms with E-state index < -0.39 is 0 Å².